The number of halogens is 1. The Morgan fingerprint density at radius 2 is 1.89 bits per heavy atom. The second-order valence-corrected chi connectivity index (χ2v) is 12.3. The van der Waals surface area contributed by atoms with E-state index in [0.29, 0.717) is 17.3 Å². The number of nitrogens with one attached hydrogen (secondary N) is 1. The third-order valence-corrected chi connectivity index (χ3v) is 10.4. The van der Waals surface area contributed by atoms with Crippen molar-refractivity contribution < 1.29 is 9.53 Å². The van der Waals surface area contributed by atoms with E-state index in [4.69, 9.17) is 16.3 Å². The van der Waals surface area contributed by atoms with Crippen LogP contribution in [0.1, 0.15) is 76.7 Å². The van der Waals surface area contributed by atoms with Crippen LogP contribution in [0, 0.1) is 17.3 Å². The SMILES string of the molecule is CC1CCC[C@]1(C)N1CCC(c2cc3cc(NC(=O)[C@@H]4CC45CCOCC5)ncc3cc2Cl)CC1. The fraction of sp³-hybridized carbons (Fsp3) is 0.655. The molecule has 0 bridgehead atoms. The molecule has 6 rings (SSSR count). The van der Waals surface area contributed by atoms with E-state index >= 15 is 0 Å². The molecular weight excluding hydrogens is 458 g/mol. The van der Waals surface area contributed by atoms with Crippen molar-refractivity contribution in [3.63, 3.8) is 0 Å². The first-order chi connectivity index (χ1) is 16.9. The van der Waals surface area contributed by atoms with E-state index in [9.17, 15) is 4.79 Å². The van der Waals surface area contributed by atoms with Gasteiger partial charge in [0.2, 0.25) is 5.91 Å². The Morgan fingerprint density at radius 1 is 1.11 bits per heavy atom. The van der Waals surface area contributed by atoms with Gasteiger partial charge in [0.25, 0.3) is 0 Å². The van der Waals surface area contributed by atoms with Crippen LogP contribution in [0.3, 0.4) is 0 Å². The van der Waals surface area contributed by atoms with Gasteiger partial charge in [-0.1, -0.05) is 24.9 Å². The number of hydrogen-bond donors (Lipinski definition) is 1. The predicted molar refractivity (Wildman–Crippen MR) is 141 cm³/mol. The first-order valence-corrected chi connectivity index (χ1v) is 14.0. The van der Waals surface area contributed by atoms with Crippen molar-refractivity contribution in [1.82, 2.24) is 9.88 Å². The Hall–Kier alpha value is -1.69. The van der Waals surface area contributed by atoms with Crippen LogP contribution in [0.2, 0.25) is 5.02 Å². The minimum absolute atomic E-state index is 0.0966. The van der Waals surface area contributed by atoms with Gasteiger partial charge in [-0.25, -0.2) is 4.98 Å². The van der Waals surface area contributed by atoms with E-state index in [1.165, 1.54) is 24.8 Å². The molecule has 2 saturated carbocycles. The quantitative estimate of drug-likeness (QED) is 0.533. The number of pyridine rings is 1. The molecule has 1 aromatic heterocycles. The summed E-state index contributed by atoms with van der Waals surface area (Å²) in [7, 11) is 0. The molecule has 3 heterocycles. The van der Waals surface area contributed by atoms with E-state index in [-0.39, 0.29) is 17.2 Å². The molecule has 3 atom stereocenters. The summed E-state index contributed by atoms with van der Waals surface area (Å²) >= 11 is 6.79. The number of likely N-dealkylation sites (tertiary alicyclic amines) is 1. The number of aromatic nitrogens is 1. The Kier molecular flexibility index (Phi) is 6.10. The highest BCUT2D eigenvalue weighted by atomic mass is 35.5. The van der Waals surface area contributed by atoms with E-state index in [1.807, 2.05) is 12.3 Å². The number of carbonyl (C=O) groups excluding carboxylic acids is 1. The number of carbonyl (C=O) groups is 1. The number of nitrogens with zero attached hydrogens (tertiary/aromatic N) is 2. The molecule has 1 amide bonds. The number of ether oxygens (including phenoxy) is 1. The molecule has 6 heteroatoms. The zero-order valence-corrected chi connectivity index (χ0v) is 21.9. The molecule has 35 heavy (non-hydrogen) atoms. The number of rotatable bonds is 4. The standard InChI is InChI=1S/C29H38ClN3O2/c1-19-4-3-7-28(19,2)33-10-5-20(6-11-33)23-14-21-16-26(31-18-22(21)15-25(23)30)32-27(34)24-17-29(24)8-12-35-13-9-29/h14-16,18-20,24H,3-13,17H2,1-2H3,(H,31,32,34)/t19?,24-,28-/m0/s1. The molecule has 4 aliphatic rings. The second-order valence-electron chi connectivity index (χ2n) is 11.9. The monoisotopic (exact) mass is 495 g/mol. The van der Waals surface area contributed by atoms with Crippen LogP contribution < -0.4 is 5.32 Å². The third kappa shape index (κ3) is 4.28. The average molecular weight is 496 g/mol. The summed E-state index contributed by atoms with van der Waals surface area (Å²) in [6.45, 7) is 8.74. The molecule has 2 aliphatic heterocycles. The lowest BCUT2D eigenvalue weighted by atomic mass is 9.83. The van der Waals surface area contributed by atoms with Crippen LogP contribution in [0.4, 0.5) is 5.82 Å². The molecule has 4 fully saturated rings. The van der Waals surface area contributed by atoms with Crippen molar-refractivity contribution in [1.29, 1.82) is 0 Å². The molecule has 2 aromatic rings. The van der Waals surface area contributed by atoms with Gasteiger partial charge in [0.15, 0.2) is 0 Å². The molecular formula is C29H38ClN3O2. The van der Waals surface area contributed by atoms with Crippen molar-refractivity contribution in [2.45, 2.75) is 76.7 Å². The highest BCUT2D eigenvalue weighted by Crippen LogP contribution is 2.59. The molecule has 0 radical (unpaired) electrons. The van der Waals surface area contributed by atoms with Gasteiger partial charge in [-0.05, 0) is 111 Å². The number of benzene rings is 1. The van der Waals surface area contributed by atoms with Crippen LogP contribution in [0.15, 0.2) is 24.4 Å². The summed E-state index contributed by atoms with van der Waals surface area (Å²) in [4.78, 5) is 20.2. The lowest BCUT2D eigenvalue weighted by molar-refractivity contribution is -0.118. The minimum Gasteiger partial charge on any atom is -0.381 e. The minimum atomic E-state index is 0.0966. The fourth-order valence-corrected chi connectivity index (χ4v) is 7.65. The number of fused-ring (bicyclic) bond motifs is 1. The molecule has 2 saturated heterocycles. The van der Waals surface area contributed by atoms with Crippen LogP contribution in [-0.2, 0) is 9.53 Å². The second kappa shape index (κ2) is 9.00. The lowest BCUT2D eigenvalue weighted by Gasteiger charge is -2.46. The van der Waals surface area contributed by atoms with Gasteiger partial charge in [0.1, 0.15) is 5.82 Å². The Labute approximate surface area is 213 Å². The lowest BCUT2D eigenvalue weighted by Crippen LogP contribution is -2.51. The predicted octanol–water partition coefficient (Wildman–Crippen LogP) is 6.40. The summed E-state index contributed by atoms with van der Waals surface area (Å²) < 4.78 is 5.49. The number of anilines is 1. The normalized spacial score (nSPS) is 31.2. The molecule has 1 N–H and O–H groups in total. The van der Waals surface area contributed by atoms with Gasteiger partial charge in [-0.3, -0.25) is 9.69 Å². The highest BCUT2D eigenvalue weighted by Gasteiger charge is 2.58. The van der Waals surface area contributed by atoms with Gasteiger partial charge >= 0.3 is 0 Å². The van der Waals surface area contributed by atoms with Gasteiger partial charge in [0.05, 0.1) is 0 Å². The van der Waals surface area contributed by atoms with Gasteiger partial charge in [-0.2, -0.15) is 0 Å². The third-order valence-electron chi connectivity index (χ3n) is 10.1. The molecule has 1 unspecified atom stereocenters. The van der Waals surface area contributed by atoms with Crippen molar-refractivity contribution in [2.75, 3.05) is 31.6 Å². The number of hydrogen-bond acceptors (Lipinski definition) is 4. The van der Waals surface area contributed by atoms with Gasteiger partial charge in [0, 0.05) is 41.3 Å². The summed E-state index contributed by atoms with van der Waals surface area (Å²) in [5.41, 5.74) is 1.78. The summed E-state index contributed by atoms with van der Waals surface area (Å²) in [6.07, 6.45) is 11.1. The smallest absolute Gasteiger partial charge is 0.229 e. The highest BCUT2D eigenvalue weighted by molar-refractivity contribution is 6.32. The molecule has 2 aliphatic carbocycles. The van der Waals surface area contributed by atoms with Crippen LogP contribution in [-0.4, -0.2) is 47.6 Å². The Bertz CT molecular complexity index is 1120. The van der Waals surface area contributed by atoms with Crippen LogP contribution in [0.25, 0.3) is 10.8 Å². The first kappa shape index (κ1) is 23.7. The Balaban J connectivity index is 1.15. The van der Waals surface area contributed by atoms with Crippen LogP contribution in [0.5, 0.6) is 0 Å². The van der Waals surface area contributed by atoms with Crippen molar-refractivity contribution >= 4 is 34.1 Å². The van der Waals surface area contributed by atoms with E-state index in [0.717, 1.165) is 80.1 Å². The first-order valence-electron chi connectivity index (χ1n) is 13.6. The molecule has 1 aromatic carbocycles. The summed E-state index contributed by atoms with van der Waals surface area (Å²) in [5.74, 6) is 2.10. The Morgan fingerprint density at radius 3 is 2.60 bits per heavy atom. The molecule has 1 spiro atoms. The maximum absolute atomic E-state index is 12.9. The van der Waals surface area contributed by atoms with Crippen molar-refractivity contribution in [3.8, 4) is 0 Å². The van der Waals surface area contributed by atoms with E-state index in [1.54, 1.807) is 0 Å². The van der Waals surface area contributed by atoms with Gasteiger partial charge < -0.3 is 10.1 Å². The largest absolute Gasteiger partial charge is 0.381 e. The maximum Gasteiger partial charge on any atom is 0.229 e. The molecule has 188 valence electrons. The fourth-order valence-electron chi connectivity index (χ4n) is 7.32. The zero-order valence-electron chi connectivity index (χ0n) is 21.1. The van der Waals surface area contributed by atoms with Crippen LogP contribution >= 0.6 is 11.6 Å². The van der Waals surface area contributed by atoms with Crippen molar-refractivity contribution in [2.24, 2.45) is 17.3 Å². The van der Waals surface area contributed by atoms with Crippen molar-refractivity contribution in [3.05, 3.63) is 35.0 Å². The van der Waals surface area contributed by atoms with Gasteiger partial charge in [-0.15, -0.1) is 0 Å². The number of amides is 1. The van der Waals surface area contributed by atoms with E-state index in [2.05, 4.69) is 41.2 Å². The molecule has 5 nitrogen and oxygen atoms in total. The summed E-state index contributed by atoms with van der Waals surface area (Å²) in [5, 5.41) is 6.06. The zero-order chi connectivity index (χ0) is 24.2. The topological polar surface area (TPSA) is 54.5 Å². The number of piperidine rings is 1. The van der Waals surface area contributed by atoms with E-state index < -0.39 is 0 Å². The summed E-state index contributed by atoms with van der Waals surface area (Å²) in [6, 6.07) is 6.31. The maximum atomic E-state index is 12.9. The average Bonchev–Trinajstić information content (AvgIpc) is 3.44.